The molecule has 0 aliphatic heterocycles. The average molecular weight is 239 g/mol. The lowest BCUT2D eigenvalue weighted by Gasteiger charge is -2.02. The Balaban J connectivity index is 2.70. The van der Waals surface area contributed by atoms with Crippen LogP contribution in [0.4, 0.5) is 0 Å². The normalized spacial score (nSPS) is 9.24. The van der Waals surface area contributed by atoms with E-state index in [1.807, 2.05) is 5.43 Å². The molecular weight excluding hydrogens is 230 g/mol. The van der Waals surface area contributed by atoms with Gasteiger partial charge in [-0.15, -0.1) is 0 Å². The van der Waals surface area contributed by atoms with Gasteiger partial charge in [-0.2, -0.15) is 0 Å². The molecule has 0 radical (unpaired) electrons. The van der Waals surface area contributed by atoms with Crippen molar-refractivity contribution >= 4 is 11.9 Å². The van der Waals surface area contributed by atoms with Gasteiger partial charge < -0.3 is 4.74 Å². The number of carbonyl (C=O) groups excluding carboxylic acids is 2. The molecule has 0 heterocycles. The highest BCUT2D eigenvalue weighted by Gasteiger charge is 2.09. The molecule has 0 aromatic heterocycles. The Morgan fingerprint density at radius 2 is 1.76 bits per heavy atom. The summed E-state index contributed by atoms with van der Waals surface area (Å²) >= 11 is 0. The monoisotopic (exact) mass is 239 g/mol. The first kappa shape index (κ1) is 12.4. The number of rotatable bonds is 4. The molecule has 2 N–H and O–H groups in total. The summed E-state index contributed by atoms with van der Waals surface area (Å²) in [5, 5.41) is 9.03. The number of esters is 1. The summed E-state index contributed by atoms with van der Waals surface area (Å²) in [6, 6.07) is 5.46. The van der Waals surface area contributed by atoms with Crippen LogP contribution < -0.4 is 11.0 Å². The van der Waals surface area contributed by atoms with Crippen LogP contribution in [0.2, 0.25) is 0 Å². The number of hydrazine groups is 2. The molecule has 17 heavy (non-hydrogen) atoms. The molecule has 1 rings (SSSR count). The van der Waals surface area contributed by atoms with Crippen molar-refractivity contribution in [3.63, 3.8) is 0 Å². The first-order chi connectivity index (χ1) is 8.04. The smallest absolute Gasteiger partial charge is 0.337 e. The number of amides is 1. The Morgan fingerprint density at radius 1 is 1.24 bits per heavy atom. The Labute approximate surface area is 95.7 Å². The van der Waals surface area contributed by atoms with E-state index in [4.69, 9.17) is 0 Å². The van der Waals surface area contributed by atoms with Crippen molar-refractivity contribution in [1.82, 2.24) is 11.0 Å². The number of methoxy groups -OCH3 is 1. The lowest BCUT2D eigenvalue weighted by Crippen LogP contribution is -2.41. The predicted octanol–water partition coefficient (Wildman–Crippen LogP) is -0.101. The zero-order valence-corrected chi connectivity index (χ0v) is 8.80. The second-order valence-corrected chi connectivity index (χ2v) is 2.89. The first-order valence-electron chi connectivity index (χ1n) is 4.43. The van der Waals surface area contributed by atoms with E-state index in [1.165, 1.54) is 36.9 Å². The van der Waals surface area contributed by atoms with Crippen LogP contribution >= 0.6 is 0 Å². The molecule has 0 bridgehead atoms. The Kier molecular flexibility index (Phi) is 3.98. The summed E-state index contributed by atoms with van der Waals surface area (Å²) in [5.74, 6) is -1.21. The number of hydrogen-bond acceptors (Lipinski definition) is 5. The fourth-order valence-corrected chi connectivity index (χ4v) is 1.04. The number of carbonyl (C=O) groups is 2. The zero-order chi connectivity index (χ0) is 12.8. The number of benzene rings is 1. The number of nitrogens with zero attached hydrogens (tertiary/aromatic N) is 1. The SMILES string of the molecule is COC(=O)c1ccc(C(=O)NN[N+](=O)[O-])cc1. The number of hydrogen-bond donors (Lipinski definition) is 2. The second kappa shape index (κ2) is 5.45. The van der Waals surface area contributed by atoms with Crippen molar-refractivity contribution < 1.29 is 19.4 Å². The Hall–Kier alpha value is -2.64. The molecule has 0 aliphatic rings. The van der Waals surface area contributed by atoms with E-state index in [1.54, 1.807) is 0 Å². The van der Waals surface area contributed by atoms with Gasteiger partial charge in [0.2, 0.25) is 0 Å². The Morgan fingerprint density at radius 3 is 2.24 bits per heavy atom. The molecule has 0 unspecified atom stereocenters. The van der Waals surface area contributed by atoms with Crippen LogP contribution in [-0.2, 0) is 4.74 Å². The van der Waals surface area contributed by atoms with E-state index >= 15 is 0 Å². The van der Waals surface area contributed by atoms with Crippen LogP contribution in [0.1, 0.15) is 20.7 Å². The van der Waals surface area contributed by atoms with Crippen LogP contribution in [0.15, 0.2) is 24.3 Å². The van der Waals surface area contributed by atoms with Gasteiger partial charge in [-0.3, -0.25) is 4.79 Å². The second-order valence-electron chi connectivity index (χ2n) is 2.89. The molecule has 1 amide bonds. The van der Waals surface area contributed by atoms with E-state index in [9.17, 15) is 19.7 Å². The number of ether oxygens (including phenoxy) is 1. The largest absolute Gasteiger partial charge is 0.465 e. The first-order valence-corrected chi connectivity index (χ1v) is 4.43. The lowest BCUT2D eigenvalue weighted by atomic mass is 10.1. The summed E-state index contributed by atoms with van der Waals surface area (Å²) in [4.78, 5) is 32.3. The van der Waals surface area contributed by atoms with Crippen LogP contribution in [0.3, 0.4) is 0 Å². The molecule has 0 saturated carbocycles. The van der Waals surface area contributed by atoms with Gasteiger partial charge in [0.25, 0.3) is 5.91 Å². The van der Waals surface area contributed by atoms with E-state index in [-0.39, 0.29) is 11.1 Å². The third-order valence-electron chi connectivity index (χ3n) is 1.83. The molecule has 90 valence electrons. The molecule has 1 aromatic carbocycles. The van der Waals surface area contributed by atoms with Crippen LogP contribution in [0.25, 0.3) is 0 Å². The van der Waals surface area contributed by atoms with E-state index in [0.717, 1.165) is 0 Å². The Bertz CT molecular complexity index is 442. The van der Waals surface area contributed by atoms with Gasteiger partial charge in [0.15, 0.2) is 5.03 Å². The third-order valence-corrected chi connectivity index (χ3v) is 1.83. The van der Waals surface area contributed by atoms with Gasteiger partial charge in [0, 0.05) is 5.56 Å². The highest BCUT2D eigenvalue weighted by Crippen LogP contribution is 2.05. The molecule has 0 saturated heterocycles. The summed E-state index contributed by atoms with van der Waals surface area (Å²) in [5.41, 5.74) is 3.84. The van der Waals surface area contributed by atoms with Gasteiger partial charge in [-0.25, -0.2) is 20.3 Å². The fourth-order valence-electron chi connectivity index (χ4n) is 1.04. The number of nitro groups is 1. The van der Waals surface area contributed by atoms with Crippen molar-refractivity contribution in [3.05, 3.63) is 45.5 Å². The average Bonchev–Trinajstić information content (AvgIpc) is 2.35. The van der Waals surface area contributed by atoms with Crippen LogP contribution in [0.5, 0.6) is 0 Å². The van der Waals surface area contributed by atoms with Gasteiger partial charge in [0.1, 0.15) is 0 Å². The van der Waals surface area contributed by atoms with Crippen molar-refractivity contribution in [2.45, 2.75) is 0 Å². The van der Waals surface area contributed by atoms with Crippen molar-refractivity contribution in [3.8, 4) is 0 Å². The van der Waals surface area contributed by atoms with Crippen molar-refractivity contribution in [2.75, 3.05) is 7.11 Å². The maximum Gasteiger partial charge on any atom is 0.337 e. The van der Waals surface area contributed by atoms with E-state index < -0.39 is 16.9 Å². The van der Waals surface area contributed by atoms with Crippen LogP contribution in [0, 0.1) is 10.1 Å². The van der Waals surface area contributed by atoms with E-state index in [0.29, 0.717) is 0 Å². The predicted molar refractivity (Wildman–Crippen MR) is 55.4 cm³/mol. The maximum absolute atomic E-state index is 11.3. The molecule has 0 atom stereocenters. The fraction of sp³-hybridized carbons (Fsp3) is 0.111. The maximum atomic E-state index is 11.3. The zero-order valence-electron chi connectivity index (χ0n) is 8.80. The summed E-state index contributed by atoms with van der Waals surface area (Å²) < 4.78 is 4.47. The van der Waals surface area contributed by atoms with Crippen molar-refractivity contribution in [1.29, 1.82) is 0 Å². The minimum Gasteiger partial charge on any atom is -0.465 e. The minimum absolute atomic E-state index is 0.173. The van der Waals surface area contributed by atoms with Gasteiger partial charge in [-0.05, 0) is 29.8 Å². The van der Waals surface area contributed by atoms with Gasteiger partial charge in [0.05, 0.1) is 12.7 Å². The third kappa shape index (κ3) is 3.45. The molecule has 0 fully saturated rings. The molecular formula is C9H9N3O5. The highest BCUT2D eigenvalue weighted by molar-refractivity contribution is 5.95. The highest BCUT2D eigenvalue weighted by atomic mass is 16.7. The van der Waals surface area contributed by atoms with Crippen molar-refractivity contribution in [2.24, 2.45) is 0 Å². The summed E-state index contributed by atoms with van der Waals surface area (Å²) in [6.07, 6.45) is 0. The van der Waals surface area contributed by atoms with Crippen LogP contribution in [-0.4, -0.2) is 24.0 Å². The molecule has 0 spiro atoms. The molecule has 1 aromatic rings. The minimum atomic E-state index is -0.902. The molecule has 8 heteroatoms. The summed E-state index contributed by atoms with van der Waals surface area (Å²) in [7, 11) is 1.24. The van der Waals surface area contributed by atoms with Gasteiger partial charge >= 0.3 is 5.97 Å². The summed E-state index contributed by atoms with van der Waals surface area (Å²) in [6.45, 7) is 0. The van der Waals surface area contributed by atoms with Gasteiger partial charge in [-0.1, -0.05) is 0 Å². The van der Waals surface area contributed by atoms with E-state index in [2.05, 4.69) is 4.74 Å². The topological polar surface area (TPSA) is 111 Å². The quantitative estimate of drug-likeness (QED) is 0.431. The standard InChI is InChI=1S/C9H9N3O5/c1-17-9(14)7-4-2-6(3-5-7)8(13)10-11-12(15)16/h2-5,11H,1H3,(H,10,13). The molecule has 8 nitrogen and oxygen atoms in total. The lowest BCUT2D eigenvalue weighted by molar-refractivity contribution is -0.552. The number of nitrogens with one attached hydrogen (secondary N) is 2. The molecule has 0 aliphatic carbocycles.